The molecule has 5 rings (SSSR count). The van der Waals surface area contributed by atoms with Gasteiger partial charge in [0.15, 0.2) is 0 Å². The van der Waals surface area contributed by atoms with Crippen molar-refractivity contribution in [2.45, 2.75) is 77.7 Å². The Morgan fingerprint density at radius 1 is 0.810 bits per heavy atom. The SMILES string of the molecule is C[C@]12C[C@H]3C[C@H]3C[C@@H]1CC[C@@H]1[C@@H]2CC[C@]2(C)[C@@H](O)CC[C@@H]12. The summed E-state index contributed by atoms with van der Waals surface area (Å²) in [6.45, 7) is 5.09. The van der Waals surface area contributed by atoms with Gasteiger partial charge in [-0.15, -0.1) is 0 Å². The van der Waals surface area contributed by atoms with Gasteiger partial charge in [0.2, 0.25) is 0 Å². The molecule has 0 saturated heterocycles. The van der Waals surface area contributed by atoms with Crippen molar-refractivity contribution in [3.8, 4) is 0 Å². The molecule has 1 heteroatoms. The second kappa shape index (κ2) is 4.08. The average molecular weight is 288 g/mol. The van der Waals surface area contributed by atoms with Gasteiger partial charge in [-0.1, -0.05) is 13.8 Å². The molecule has 0 amide bonds. The fourth-order valence-corrected chi connectivity index (χ4v) is 7.99. The molecule has 5 fully saturated rings. The average Bonchev–Trinajstić information content (AvgIpc) is 3.12. The van der Waals surface area contributed by atoms with Gasteiger partial charge < -0.3 is 5.11 Å². The maximum Gasteiger partial charge on any atom is 0.0596 e. The zero-order chi connectivity index (χ0) is 14.4. The van der Waals surface area contributed by atoms with Crippen LogP contribution in [0.4, 0.5) is 0 Å². The van der Waals surface area contributed by atoms with Crippen LogP contribution in [0.3, 0.4) is 0 Å². The summed E-state index contributed by atoms with van der Waals surface area (Å²) in [4.78, 5) is 0. The third-order valence-electron chi connectivity index (χ3n) is 9.37. The van der Waals surface area contributed by atoms with E-state index in [2.05, 4.69) is 13.8 Å². The topological polar surface area (TPSA) is 20.2 Å². The zero-order valence-electron chi connectivity index (χ0n) is 13.9. The Bertz CT molecular complexity index is 459. The lowest BCUT2D eigenvalue weighted by molar-refractivity contribution is -0.122. The van der Waals surface area contributed by atoms with Crippen LogP contribution in [0.1, 0.15) is 71.6 Å². The molecule has 0 aromatic rings. The minimum Gasteiger partial charge on any atom is -0.393 e. The summed E-state index contributed by atoms with van der Waals surface area (Å²) in [6.07, 6.45) is 12.8. The molecule has 1 N–H and O–H groups in total. The van der Waals surface area contributed by atoms with Crippen molar-refractivity contribution in [3.63, 3.8) is 0 Å². The summed E-state index contributed by atoms with van der Waals surface area (Å²) in [5.74, 6) is 6.03. The number of fused-ring (bicyclic) bond motifs is 6. The molecule has 0 unspecified atom stereocenters. The molecule has 0 bridgehead atoms. The van der Waals surface area contributed by atoms with Gasteiger partial charge in [-0.25, -0.2) is 0 Å². The predicted octanol–water partition coefficient (Wildman–Crippen LogP) is 4.64. The third-order valence-corrected chi connectivity index (χ3v) is 9.37. The van der Waals surface area contributed by atoms with E-state index in [0.717, 1.165) is 41.9 Å². The first kappa shape index (κ1) is 13.4. The molecule has 0 aromatic carbocycles. The number of aliphatic hydroxyl groups is 1. The first-order chi connectivity index (χ1) is 10.0. The van der Waals surface area contributed by atoms with Crippen LogP contribution < -0.4 is 0 Å². The van der Waals surface area contributed by atoms with E-state index < -0.39 is 0 Å². The summed E-state index contributed by atoms with van der Waals surface area (Å²) in [7, 11) is 0. The summed E-state index contributed by atoms with van der Waals surface area (Å²) in [6, 6.07) is 0. The zero-order valence-corrected chi connectivity index (χ0v) is 13.9. The number of aliphatic hydroxyl groups excluding tert-OH is 1. The van der Waals surface area contributed by atoms with Crippen LogP contribution in [0.25, 0.3) is 0 Å². The van der Waals surface area contributed by atoms with Crippen LogP contribution in [-0.4, -0.2) is 11.2 Å². The second-order valence-corrected chi connectivity index (χ2v) is 9.99. The van der Waals surface area contributed by atoms with Crippen molar-refractivity contribution in [1.29, 1.82) is 0 Å². The lowest BCUT2D eigenvalue weighted by atomic mass is 9.45. The standard InChI is InChI=1S/C20H32O/c1-19-8-7-17-15(16(19)5-6-18(19)21)4-3-14-10-12-9-13(12)11-20(14,17)2/h12-18,21H,3-11H2,1-2H3/t12-,13+,14-,15-,16-,17-,18-,19-,20-/m0/s1. The molecule has 21 heavy (non-hydrogen) atoms. The molecule has 0 spiro atoms. The lowest BCUT2D eigenvalue weighted by Gasteiger charge is -2.60. The Labute approximate surface area is 129 Å². The first-order valence-electron chi connectivity index (χ1n) is 9.70. The highest BCUT2D eigenvalue weighted by Crippen LogP contribution is 2.70. The molecular formula is C20H32O. The van der Waals surface area contributed by atoms with Gasteiger partial charge in [-0.05, 0) is 104 Å². The number of hydrogen-bond donors (Lipinski definition) is 1. The summed E-state index contributed by atoms with van der Waals surface area (Å²) >= 11 is 0. The molecule has 9 atom stereocenters. The van der Waals surface area contributed by atoms with Crippen LogP contribution in [0.2, 0.25) is 0 Å². The number of hydrogen-bond acceptors (Lipinski definition) is 1. The van der Waals surface area contributed by atoms with E-state index in [1.54, 1.807) is 19.3 Å². The van der Waals surface area contributed by atoms with Gasteiger partial charge in [0.1, 0.15) is 0 Å². The minimum absolute atomic E-state index is 0.00634. The van der Waals surface area contributed by atoms with Crippen molar-refractivity contribution >= 4 is 0 Å². The van der Waals surface area contributed by atoms with Gasteiger partial charge in [0.25, 0.3) is 0 Å². The smallest absolute Gasteiger partial charge is 0.0596 e. The maximum atomic E-state index is 10.5. The molecular weight excluding hydrogens is 256 g/mol. The second-order valence-electron chi connectivity index (χ2n) is 9.99. The Hall–Kier alpha value is -0.0400. The van der Waals surface area contributed by atoms with Crippen molar-refractivity contribution in [2.75, 3.05) is 0 Å². The molecule has 1 nitrogen and oxygen atoms in total. The van der Waals surface area contributed by atoms with Crippen LogP contribution in [0, 0.1) is 46.3 Å². The largest absolute Gasteiger partial charge is 0.393 e. The van der Waals surface area contributed by atoms with Crippen molar-refractivity contribution in [3.05, 3.63) is 0 Å². The molecule has 0 aromatic heterocycles. The highest BCUT2D eigenvalue weighted by atomic mass is 16.3. The van der Waals surface area contributed by atoms with Crippen LogP contribution >= 0.6 is 0 Å². The Morgan fingerprint density at radius 2 is 1.62 bits per heavy atom. The van der Waals surface area contributed by atoms with Gasteiger partial charge in [-0.2, -0.15) is 0 Å². The Kier molecular flexibility index (Phi) is 2.60. The van der Waals surface area contributed by atoms with E-state index in [1.165, 1.54) is 32.1 Å². The predicted molar refractivity (Wildman–Crippen MR) is 84.7 cm³/mol. The normalized spacial score (nSPS) is 65.0. The fourth-order valence-electron chi connectivity index (χ4n) is 7.99. The monoisotopic (exact) mass is 288 g/mol. The van der Waals surface area contributed by atoms with E-state index in [0.29, 0.717) is 5.41 Å². The van der Waals surface area contributed by atoms with Crippen molar-refractivity contribution < 1.29 is 5.11 Å². The van der Waals surface area contributed by atoms with Crippen LogP contribution in [0.15, 0.2) is 0 Å². The quantitative estimate of drug-likeness (QED) is 0.688. The van der Waals surface area contributed by atoms with Crippen LogP contribution in [0.5, 0.6) is 0 Å². The molecule has 5 aliphatic carbocycles. The first-order valence-corrected chi connectivity index (χ1v) is 9.70. The highest BCUT2D eigenvalue weighted by Gasteiger charge is 2.62. The van der Waals surface area contributed by atoms with E-state index >= 15 is 0 Å². The van der Waals surface area contributed by atoms with Gasteiger partial charge in [0, 0.05) is 0 Å². The fraction of sp³-hybridized carbons (Fsp3) is 1.00. The van der Waals surface area contributed by atoms with Crippen LogP contribution in [-0.2, 0) is 0 Å². The lowest BCUT2D eigenvalue weighted by Crippen LogP contribution is -2.53. The molecule has 5 saturated carbocycles. The third kappa shape index (κ3) is 1.62. The molecule has 0 radical (unpaired) electrons. The number of rotatable bonds is 0. The molecule has 5 aliphatic rings. The van der Waals surface area contributed by atoms with Crippen molar-refractivity contribution in [2.24, 2.45) is 46.3 Å². The highest BCUT2D eigenvalue weighted by molar-refractivity contribution is 5.12. The van der Waals surface area contributed by atoms with Gasteiger partial charge in [0.05, 0.1) is 6.10 Å². The van der Waals surface area contributed by atoms with E-state index in [9.17, 15) is 5.11 Å². The van der Waals surface area contributed by atoms with E-state index in [4.69, 9.17) is 0 Å². The Balaban J connectivity index is 1.47. The molecule has 0 heterocycles. The summed E-state index contributed by atoms with van der Waals surface area (Å²) in [5.41, 5.74) is 0.927. The van der Waals surface area contributed by atoms with E-state index in [1.807, 2.05) is 0 Å². The summed E-state index contributed by atoms with van der Waals surface area (Å²) < 4.78 is 0. The van der Waals surface area contributed by atoms with Gasteiger partial charge in [-0.3, -0.25) is 0 Å². The van der Waals surface area contributed by atoms with E-state index in [-0.39, 0.29) is 11.5 Å². The maximum absolute atomic E-state index is 10.5. The minimum atomic E-state index is -0.00634. The molecule has 118 valence electrons. The summed E-state index contributed by atoms with van der Waals surface area (Å²) in [5, 5.41) is 10.5. The van der Waals surface area contributed by atoms with Gasteiger partial charge >= 0.3 is 0 Å². The molecule has 0 aliphatic heterocycles. The van der Waals surface area contributed by atoms with Crippen molar-refractivity contribution in [1.82, 2.24) is 0 Å². The Morgan fingerprint density at radius 3 is 2.48 bits per heavy atom.